The average molecular weight is 322 g/mol. The number of nitrogens with one attached hydrogen (secondary N) is 1. The van der Waals surface area contributed by atoms with Crippen LogP contribution in [0.1, 0.15) is 5.69 Å². The number of para-hydroxylation sites is 1. The maximum absolute atomic E-state index is 5.68. The smallest absolute Gasteiger partial charge is 0.119 e. The van der Waals surface area contributed by atoms with Crippen molar-refractivity contribution in [2.45, 2.75) is 12.5 Å². The van der Waals surface area contributed by atoms with Gasteiger partial charge in [0.2, 0.25) is 0 Å². The molecular formula is C14H16BrN3O. The van der Waals surface area contributed by atoms with Crippen LogP contribution in [0.25, 0.3) is 0 Å². The molecule has 19 heavy (non-hydrogen) atoms. The van der Waals surface area contributed by atoms with Crippen molar-refractivity contribution in [3.05, 3.63) is 58.8 Å². The minimum absolute atomic E-state index is 0.0221. The minimum Gasteiger partial charge on any atom is -0.492 e. The molecule has 2 rings (SSSR count). The topological polar surface area (TPSA) is 60.2 Å². The fourth-order valence-corrected chi connectivity index (χ4v) is 1.89. The van der Waals surface area contributed by atoms with Gasteiger partial charge in [0, 0.05) is 22.8 Å². The first-order valence-electron chi connectivity index (χ1n) is 6.02. The van der Waals surface area contributed by atoms with E-state index in [-0.39, 0.29) is 6.04 Å². The zero-order chi connectivity index (χ0) is 13.5. The van der Waals surface area contributed by atoms with Gasteiger partial charge in [0.25, 0.3) is 0 Å². The van der Waals surface area contributed by atoms with E-state index in [4.69, 9.17) is 10.6 Å². The summed E-state index contributed by atoms with van der Waals surface area (Å²) in [4.78, 5) is 4.32. The highest BCUT2D eigenvalue weighted by Gasteiger charge is 2.09. The highest BCUT2D eigenvalue weighted by Crippen LogP contribution is 2.11. The summed E-state index contributed by atoms with van der Waals surface area (Å²) in [6.45, 7) is 0.498. The minimum atomic E-state index is 0.0221. The number of hydrazine groups is 1. The summed E-state index contributed by atoms with van der Waals surface area (Å²) >= 11 is 3.36. The standard InChI is InChI=1S/C14H16BrN3O/c15-11-6-7-12(17-9-11)8-13(18-16)10-19-14-4-2-1-3-5-14/h1-7,9,13,18H,8,10,16H2. The van der Waals surface area contributed by atoms with Crippen molar-refractivity contribution in [1.29, 1.82) is 0 Å². The van der Waals surface area contributed by atoms with Crippen molar-refractivity contribution < 1.29 is 4.74 Å². The monoisotopic (exact) mass is 321 g/mol. The third-order valence-electron chi connectivity index (χ3n) is 2.67. The van der Waals surface area contributed by atoms with Crippen LogP contribution >= 0.6 is 15.9 Å². The van der Waals surface area contributed by atoms with E-state index in [1.54, 1.807) is 6.20 Å². The number of hydrogen-bond donors (Lipinski definition) is 2. The SMILES string of the molecule is NNC(COc1ccccc1)Cc1ccc(Br)cn1. The Labute approximate surface area is 121 Å². The molecule has 0 radical (unpaired) electrons. The molecule has 5 heteroatoms. The van der Waals surface area contributed by atoms with Gasteiger partial charge in [0.05, 0.1) is 6.04 Å². The first kappa shape index (κ1) is 14.0. The number of ether oxygens (including phenoxy) is 1. The lowest BCUT2D eigenvalue weighted by atomic mass is 10.1. The van der Waals surface area contributed by atoms with Gasteiger partial charge >= 0.3 is 0 Å². The molecule has 0 aliphatic heterocycles. The predicted octanol–water partition coefficient (Wildman–Crippen LogP) is 2.30. The van der Waals surface area contributed by atoms with Crippen LogP contribution in [0, 0.1) is 0 Å². The maximum Gasteiger partial charge on any atom is 0.119 e. The van der Waals surface area contributed by atoms with Crippen LogP contribution in [-0.4, -0.2) is 17.6 Å². The van der Waals surface area contributed by atoms with Crippen LogP contribution in [0.2, 0.25) is 0 Å². The summed E-state index contributed by atoms with van der Waals surface area (Å²) in [5.41, 5.74) is 3.73. The highest BCUT2D eigenvalue weighted by molar-refractivity contribution is 9.10. The number of hydrogen-bond acceptors (Lipinski definition) is 4. The first-order valence-corrected chi connectivity index (χ1v) is 6.81. The molecule has 100 valence electrons. The van der Waals surface area contributed by atoms with Gasteiger partial charge in [0.15, 0.2) is 0 Å². The van der Waals surface area contributed by atoms with Crippen LogP contribution in [-0.2, 0) is 6.42 Å². The van der Waals surface area contributed by atoms with E-state index in [0.29, 0.717) is 6.61 Å². The van der Waals surface area contributed by atoms with Crippen LogP contribution < -0.4 is 16.0 Å². The summed E-state index contributed by atoms with van der Waals surface area (Å²) in [6, 6.07) is 13.6. The molecule has 0 fully saturated rings. The Morgan fingerprint density at radius 1 is 1.21 bits per heavy atom. The van der Waals surface area contributed by atoms with Crippen LogP contribution in [0.15, 0.2) is 53.1 Å². The molecule has 1 atom stereocenters. The Hall–Kier alpha value is -1.43. The summed E-state index contributed by atoms with van der Waals surface area (Å²) in [7, 11) is 0. The number of nitrogens with two attached hydrogens (primary N) is 1. The molecule has 0 spiro atoms. The number of pyridine rings is 1. The fraction of sp³-hybridized carbons (Fsp3) is 0.214. The second-order valence-corrected chi connectivity index (χ2v) is 5.08. The van der Waals surface area contributed by atoms with Gasteiger partial charge in [-0.2, -0.15) is 0 Å². The van der Waals surface area contributed by atoms with Gasteiger partial charge in [0.1, 0.15) is 12.4 Å². The number of aromatic nitrogens is 1. The molecule has 3 N–H and O–H groups in total. The van der Waals surface area contributed by atoms with Gasteiger partial charge < -0.3 is 4.74 Å². The lowest BCUT2D eigenvalue weighted by Crippen LogP contribution is -2.41. The summed E-state index contributed by atoms with van der Waals surface area (Å²) in [6.07, 6.45) is 2.50. The molecule has 0 bridgehead atoms. The van der Waals surface area contributed by atoms with Crippen molar-refractivity contribution >= 4 is 15.9 Å². The zero-order valence-corrected chi connectivity index (χ0v) is 12.0. The van der Waals surface area contributed by atoms with Crippen molar-refractivity contribution in [3.8, 4) is 5.75 Å². The van der Waals surface area contributed by atoms with E-state index in [9.17, 15) is 0 Å². The summed E-state index contributed by atoms with van der Waals surface area (Å²) in [5, 5.41) is 0. The lowest BCUT2D eigenvalue weighted by molar-refractivity contribution is 0.263. The van der Waals surface area contributed by atoms with E-state index < -0.39 is 0 Å². The molecule has 0 amide bonds. The molecule has 0 aliphatic rings. The Balaban J connectivity index is 1.88. The van der Waals surface area contributed by atoms with Crippen molar-refractivity contribution in [2.75, 3.05) is 6.61 Å². The molecule has 0 aliphatic carbocycles. The van der Waals surface area contributed by atoms with Crippen LogP contribution in [0.3, 0.4) is 0 Å². The number of benzene rings is 1. The lowest BCUT2D eigenvalue weighted by Gasteiger charge is -2.16. The third-order valence-corrected chi connectivity index (χ3v) is 3.14. The second-order valence-electron chi connectivity index (χ2n) is 4.16. The van der Waals surface area contributed by atoms with E-state index in [1.165, 1.54) is 0 Å². The Morgan fingerprint density at radius 3 is 2.63 bits per heavy atom. The quantitative estimate of drug-likeness (QED) is 0.633. The van der Waals surface area contributed by atoms with Gasteiger partial charge in [-0.05, 0) is 40.2 Å². The normalized spacial score (nSPS) is 12.1. The molecule has 0 saturated heterocycles. The average Bonchev–Trinajstić information content (AvgIpc) is 2.46. The zero-order valence-electron chi connectivity index (χ0n) is 10.4. The fourth-order valence-electron chi connectivity index (χ4n) is 1.66. The molecular weight excluding hydrogens is 306 g/mol. The largest absolute Gasteiger partial charge is 0.492 e. The third kappa shape index (κ3) is 4.63. The summed E-state index contributed by atoms with van der Waals surface area (Å²) < 4.78 is 6.64. The molecule has 2 aromatic rings. The number of nitrogens with zero attached hydrogens (tertiary/aromatic N) is 1. The van der Waals surface area contributed by atoms with Crippen LogP contribution in [0.5, 0.6) is 5.75 Å². The Kier molecular flexibility index (Phi) is 5.32. The van der Waals surface area contributed by atoms with Crippen molar-refractivity contribution in [3.63, 3.8) is 0 Å². The van der Waals surface area contributed by atoms with E-state index in [1.807, 2.05) is 42.5 Å². The number of rotatable bonds is 6. The summed E-state index contributed by atoms with van der Waals surface area (Å²) in [5.74, 6) is 6.39. The van der Waals surface area contributed by atoms with Crippen molar-refractivity contribution in [1.82, 2.24) is 10.4 Å². The van der Waals surface area contributed by atoms with Gasteiger partial charge in [-0.15, -0.1) is 0 Å². The molecule has 1 aromatic carbocycles. The Morgan fingerprint density at radius 2 is 2.00 bits per heavy atom. The van der Waals surface area contributed by atoms with E-state index >= 15 is 0 Å². The molecule has 1 unspecified atom stereocenters. The molecule has 1 heterocycles. The number of halogens is 1. The van der Waals surface area contributed by atoms with Crippen LogP contribution in [0.4, 0.5) is 0 Å². The van der Waals surface area contributed by atoms with Gasteiger partial charge in [-0.3, -0.25) is 16.3 Å². The van der Waals surface area contributed by atoms with Crippen molar-refractivity contribution in [2.24, 2.45) is 5.84 Å². The van der Waals surface area contributed by atoms with Gasteiger partial charge in [-0.25, -0.2) is 0 Å². The van der Waals surface area contributed by atoms with E-state index in [2.05, 4.69) is 26.3 Å². The first-order chi connectivity index (χ1) is 9.28. The van der Waals surface area contributed by atoms with E-state index in [0.717, 1.165) is 22.3 Å². The highest BCUT2D eigenvalue weighted by atomic mass is 79.9. The molecule has 0 saturated carbocycles. The maximum atomic E-state index is 5.68. The van der Waals surface area contributed by atoms with Gasteiger partial charge in [-0.1, -0.05) is 18.2 Å². The molecule has 1 aromatic heterocycles. The Bertz CT molecular complexity index is 490. The molecule has 4 nitrogen and oxygen atoms in total. The predicted molar refractivity (Wildman–Crippen MR) is 78.7 cm³/mol. The second kappa shape index (κ2) is 7.23.